The fourth-order valence-electron chi connectivity index (χ4n) is 7.46. The lowest BCUT2D eigenvalue weighted by Crippen LogP contribution is -2.49. The zero-order chi connectivity index (χ0) is 30.5. The molecule has 7 aromatic rings. The summed E-state index contributed by atoms with van der Waals surface area (Å²) >= 11 is 0. The molecule has 0 fully saturated rings. The van der Waals surface area contributed by atoms with Crippen LogP contribution in [0, 0.1) is 12.7 Å². The number of hydrogen-bond donors (Lipinski definition) is 0. The minimum absolute atomic E-state index is 0.262. The topological polar surface area (TPSA) is 17.0 Å². The van der Waals surface area contributed by atoms with Gasteiger partial charge < -0.3 is 4.42 Å². The van der Waals surface area contributed by atoms with Crippen molar-refractivity contribution < 1.29 is 13.4 Å². The molecule has 2 aromatic heterocycles. The van der Waals surface area contributed by atoms with Gasteiger partial charge in [-0.2, -0.15) is 0 Å². The van der Waals surface area contributed by atoms with Crippen molar-refractivity contribution in [3.05, 3.63) is 114 Å². The fourth-order valence-corrected chi connectivity index (χ4v) is 10.6. The first kappa shape index (κ1) is 27.0. The summed E-state index contributed by atoms with van der Waals surface area (Å²) in [4.78, 5) is 0. The molecule has 0 saturated heterocycles. The Hall–Kier alpha value is -4.54. The van der Waals surface area contributed by atoms with Crippen molar-refractivity contribution in [3.8, 4) is 33.5 Å². The highest BCUT2D eigenvalue weighted by Crippen LogP contribution is 2.43. The molecule has 0 atom stereocenters. The molecular weight excluding hydrogens is 558 g/mol. The van der Waals surface area contributed by atoms with Gasteiger partial charge in [0.25, 0.3) is 0 Å². The second kappa shape index (κ2) is 9.48. The number of fused-ring (bicyclic) bond motifs is 7. The van der Waals surface area contributed by atoms with Gasteiger partial charge in [0.15, 0.2) is 6.20 Å². The van der Waals surface area contributed by atoms with Gasteiger partial charge in [0.2, 0.25) is 5.69 Å². The first-order chi connectivity index (χ1) is 21.1. The maximum absolute atomic E-state index is 16.0. The minimum atomic E-state index is -1.92. The van der Waals surface area contributed by atoms with E-state index < -0.39 is 8.07 Å². The average Bonchev–Trinajstić information content (AvgIpc) is 3.49. The van der Waals surface area contributed by atoms with E-state index in [9.17, 15) is 0 Å². The van der Waals surface area contributed by atoms with E-state index in [1.165, 1.54) is 37.8 Å². The van der Waals surface area contributed by atoms with Crippen LogP contribution < -0.4 is 14.9 Å². The number of aromatic nitrogens is 1. The Labute approximate surface area is 258 Å². The molecule has 0 radical (unpaired) electrons. The molecule has 4 heteroatoms. The zero-order valence-electron chi connectivity index (χ0n) is 26.0. The SMILES string of the molecule is Cc1ccc2c(oc3c(-c4ccc5c(c4)[Si](C)(C)c4ccccc4-5)c(F)ccc32)c1-c1c2ccc(C(C)C)cc2cc[n+]1C. The Morgan fingerprint density at radius 1 is 0.727 bits per heavy atom. The van der Waals surface area contributed by atoms with E-state index in [0.717, 1.165) is 38.7 Å². The molecule has 0 bridgehead atoms. The first-order valence-electron chi connectivity index (χ1n) is 15.5. The summed E-state index contributed by atoms with van der Waals surface area (Å²) in [5.41, 5.74) is 10.00. The van der Waals surface area contributed by atoms with Crippen molar-refractivity contribution in [2.75, 3.05) is 0 Å². The Morgan fingerprint density at radius 3 is 2.23 bits per heavy atom. The molecule has 3 heterocycles. The molecule has 0 saturated carbocycles. The zero-order valence-corrected chi connectivity index (χ0v) is 27.0. The van der Waals surface area contributed by atoms with E-state index in [0.29, 0.717) is 17.1 Å². The van der Waals surface area contributed by atoms with Crippen LogP contribution in [0.2, 0.25) is 13.1 Å². The van der Waals surface area contributed by atoms with Crippen LogP contribution in [0.5, 0.6) is 0 Å². The molecule has 2 nitrogen and oxygen atoms in total. The molecule has 0 aliphatic carbocycles. The predicted octanol–water partition coefficient (Wildman–Crippen LogP) is 9.27. The van der Waals surface area contributed by atoms with E-state index in [4.69, 9.17) is 4.42 Å². The molecule has 0 amide bonds. The molecule has 5 aromatic carbocycles. The van der Waals surface area contributed by atoms with Gasteiger partial charge >= 0.3 is 0 Å². The van der Waals surface area contributed by atoms with Crippen LogP contribution >= 0.6 is 0 Å². The predicted molar refractivity (Wildman–Crippen MR) is 184 cm³/mol. The van der Waals surface area contributed by atoms with Crippen molar-refractivity contribution in [1.29, 1.82) is 0 Å². The van der Waals surface area contributed by atoms with Gasteiger partial charge in [-0.3, -0.25) is 0 Å². The highest BCUT2D eigenvalue weighted by Gasteiger charge is 2.37. The lowest BCUT2D eigenvalue weighted by Gasteiger charge is -2.19. The van der Waals surface area contributed by atoms with Crippen LogP contribution in [-0.4, -0.2) is 8.07 Å². The molecule has 0 spiro atoms. The number of pyridine rings is 1. The maximum Gasteiger partial charge on any atom is 0.224 e. The molecule has 1 aliphatic rings. The summed E-state index contributed by atoms with van der Waals surface area (Å²) in [6.45, 7) is 11.4. The van der Waals surface area contributed by atoms with Crippen LogP contribution in [0.3, 0.4) is 0 Å². The minimum Gasteiger partial charge on any atom is -0.454 e. The Bertz CT molecular complexity index is 2330. The molecule has 44 heavy (non-hydrogen) atoms. The normalized spacial score (nSPS) is 13.7. The van der Waals surface area contributed by atoms with Gasteiger partial charge in [0, 0.05) is 16.8 Å². The summed E-state index contributed by atoms with van der Waals surface area (Å²) in [5.74, 6) is 0.189. The quantitative estimate of drug-likeness (QED) is 0.148. The van der Waals surface area contributed by atoms with Crippen LogP contribution in [0.4, 0.5) is 4.39 Å². The molecule has 216 valence electrons. The lowest BCUT2D eigenvalue weighted by molar-refractivity contribution is -0.659. The molecule has 8 rings (SSSR count). The van der Waals surface area contributed by atoms with Crippen molar-refractivity contribution in [3.63, 3.8) is 0 Å². The molecular formula is C40H35FNOSi+. The Morgan fingerprint density at radius 2 is 1.43 bits per heavy atom. The number of halogens is 1. The summed E-state index contributed by atoms with van der Waals surface area (Å²) < 4.78 is 25.0. The molecule has 1 aliphatic heterocycles. The van der Waals surface area contributed by atoms with E-state index in [-0.39, 0.29) is 5.82 Å². The van der Waals surface area contributed by atoms with Gasteiger partial charge in [-0.25, -0.2) is 8.96 Å². The first-order valence-corrected chi connectivity index (χ1v) is 18.5. The highest BCUT2D eigenvalue weighted by molar-refractivity contribution is 7.03. The monoisotopic (exact) mass is 592 g/mol. The smallest absolute Gasteiger partial charge is 0.224 e. The van der Waals surface area contributed by atoms with E-state index in [2.05, 4.69) is 131 Å². The van der Waals surface area contributed by atoms with Crippen molar-refractivity contribution in [1.82, 2.24) is 0 Å². The molecule has 0 N–H and O–H groups in total. The third kappa shape index (κ3) is 3.73. The number of aryl methyl sites for hydroxylation is 2. The summed E-state index contributed by atoms with van der Waals surface area (Å²) in [6, 6.07) is 31.9. The number of hydrogen-bond acceptors (Lipinski definition) is 1. The highest BCUT2D eigenvalue weighted by atomic mass is 28.3. The number of furan rings is 1. The van der Waals surface area contributed by atoms with Gasteiger partial charge in [0.05, 0.1) is 16.5 Å². The van der Waals surface area contributed by atoms with E-state index in [1.54, 1.807) is 6.07 Å². The standard InChI is InChI=1S/C40H35FNOSi/c1-23(2)25-12-15-28-26(21-25)19-20-42(4)38(28)36-24(3)11-14-31-32-17-18-33(41)37(40(32)43-39(31)36)27-13-16-30-29-9-7-8-10-34(29)44(5,6)35(30)22-27/h7-23H,1-6H3/q+1. The van der Waals surface area contributed by atoms with Crippen LogP contribution in [0.15, 0.2) is 102 Å². The van der Waals surface area contributed by atoms with Crippen molar-refractivity contribution in [2.24, 2.45) is 7.05 Å². The summed E-state index contributed by atoms with van der Waals surface area (Å²) in [6.07, 6.45) is 2.13. The van der Waals surface area contributed by atoms with Crippen molar-refractivity contribution >= 4 is 51.2 Å². The third-order valence-electron chi connectivity index (χ3n) is 9.90. The van der Waals surface area contributed by atoms with Crippen LogP contribution in [0.1, 0.15) is 30.9 Å². The second-order valence-corrected chi connectivity index (χ2v) is 17.6. The lowest BCUT2D eigenvalue weighted by atomic mass is 9.94. The number of benzene rings is 5. The second-order valence-electron chi connectivity index (χ2n) is 13.2. The van der Waals surface area contributed by atoms with Gasteiger partial charge in [-0.15, -0.1) is 0 Å². The number of rotatable bonds is 3. The van der Waals surface area contributed by atoms with Gasteiger partial charge in [-0.05, 0) is 74.6 Å². The largest absolute Gasteiger partial charge is 0.454 e. The fraction of sp³-hybridized carbons (Fsp3) is 0.175. The van der Waals surface area contributed by atoms with Gasteiger partial charge in [-0.1, -0.05) is 93.7 Å². The number of nitrogens with zero attached hydrogens (tertiary/aromatic N) is 1. The van der Waals surface area contributed by atoms with Crippen LogP contribution in [-0.2, 0) is 7.05 Å². The van der Waals surface area contributed by atoms with E-state index in [1.807, 2.05) is 6.07 Å². The third-order valence-corrected chi connectivity index (χ3v) is 13.4. The van der Waals surface area contributed by atoms with Crippen LogP contribution in [0.25, 0.3) is 66.2 Å². The molecule has 0 unspecified atom stereocenters. The average molecular weight is 593 g/mol. The van der Waals surface area contributed by atoms with Gasteiger partial charge in [0.1, 0.15) is 32.1 Å². The Balaban J connectivity index is 1.39. The maximum atomic E-state index is 16.0. The summed E-state index contributed by atoms with van der Waals surface area (Å²) in [5, 5.41) is 7.10. The van der Waals surface area contributed by atoms with Crippen molar-refractivity contribution in [2.45, 2.75) is 39.8 Å². The summed E-state index contributed by atoms with van der Waals surface area (Å²) in [7, 11) is 0.166. The van der Waals surface area contributed by atoms with E-state index >= 15 is 4.39 Å². The Kier molecular flexibility index (Phi) is 5.82.